The second kappa shape index (κ2) is 6.68. The van der Waals surface area contributed by atoms with E-state index in [0.29, 0.717) is 16.9 Å². The molecular weight excluding hydrogens is 326 g/mol. The highest BCUT2D eigenvalue weighted by Crippen LogP contribution is 2.19. The molecule has 0 aliphatic rings. The first-order valence-corrected chi connectivity index (χ1v) is 7.65. The first-order valence-electron chi connectivity index (χ1n) is 7.27. The summed E-state index contributed by atoms with van der Waals surface area (Å²) in [5, 5.41) is 2.73. The number of allylic oxidation sites excluding steroid dienone is 1. The van der Waals surface area contributed by atoms with E-state index >= 15 is 0 Å². The van der Waals surface area contributed by atoms with Crippen LogP contribution in [0.15, 0.2) is 54.7 Å². The van der Waals surface area contributed by atoms with E-state index in [4.69, 9.17) is 11.6 Å². The quantitative estimate of drug-likeness (QED) is 0.586. The molecule has 0 atom stereocenters. The molecular formula is C18H14ClN3O2. The summed E-state index contributed by atoms with van der Waals surface area (Å²) in [5.41, 5.74) is 2.31. The molecule has 0 saturated heterocycles. The zero-order valence-corrected chi connectivity index (χ0v) is 13.6. The molecule has 1 amide bonds. The van der Waals surface area contributed by atoms with E-state index in [0.717, 1.165) is 5.56 Å². The Balaban J connectivity index is 1.84. The van der Waals surface area contributed by atoms with Crippen molar-refractivity contribution in [2.75, 3.05) is 7.05 Å². The van der Waals surface area contributed by atoms with Gasteiger partial charge in [-0.2, -0.15) is 0 Å². The highest BCUT2D eigenvalue weighted by molar-refractivity contribution is 6.33. The number of nitrogens with one attached hydrogen (secondary N) is 1. The van der Waals surface area contributed by atoms with Crippen LogP contribution in [0.1, 0.15) is 26.4 Å². The SMILES string of the molecule is CNC(=O)c1ccc(C=CC(=O)c2c(Cl)nc3ccccn23)cc1. The van der Waals surface area contributed by atoms with Gasteiger partial charge in [-0.15, -0.1) is 0 Å². The van der Waals surface area contributed by atoms with E-state index in [1.54, 1.807) is 54.1 Å². The van der Waals surface area contributed by atoms with Crippen molar-refractivity contribution in [3.05, 3.63) is 76.7 Å². The van der Waals surface area contributed by atoms with Crippen molar-refractivity contribution in [2.24, 2.45) is 0 Å². The summed E-state index contributed by atoms with van der Waals surface area (Å²) >= 11 is 6.08. The molecule has 0 spiro atoms. The Morgan fingerprint density at radius 3 is 2.62 bits per heavy atom. The van der Waals surface area contributed by atoms with Crippen LogP contribution in [0.2, 0.25) is 5.15 Å². The van der Waals surface area contributed by atoms with Gasteiger partial charge in [0.15, 0.2) is 5.15 Å². The predicted octanol–water partition coefficient (Wildman–Crippen LogP) is 3.24. The molecule has 0 aliphatic carbocycles. The van der Waals surface area contributed by atoms with E-state index in [9.17, 15) is 9.59 Å². The monoisotopic (exact) mass is 339 g/mol. The van der Waals surface area contributed by atoms with Crippen molar-refractivity contribution in [1.29, 1.82) is 0 Å². The third-order valence-electron chi connectivity index (χ3n) is 3.55. The van der Waals surface area contributed by atoms with Crippen LogP contribution >= 0.6 is 11.6 Å². The second-order valence-corrected chi connectivity index (χ2v) is 5.44. The van der Waals surface area contributed by atoms with Crippen molar-refractivity contribution in [1.82, 2.24) is 14.7 Å². The van der Waals surface area contributed by atoms with Gasteiger partial charge in [0.05, 0.1) is 0 Å². The first kappa shape index (κ1) is 16.0. The lowest BCUT2D eigenvalue weighted by atomic mass is 10.1. The van der Waals surface area contributed by atoms with Gasteiger partial charge in [0.2, 0.25) is 5.78 Å². The van der Waals surface area contributed by atoms with E-state index in [-0.39, 0.29) is 16.8 Å². The number of imidazole rings is 1. The molecule has 1 aromatic carbocycles. The van der Waals surface area contributed by atoms with E-state index in [2.05, 4.69) is 10.3 Å². The lowest BCUT2D eigenvalue weighted by molar-refractivity contribution is 0.0962. The fourth-order valence-corrected chi connectivity index (χ4v) is 2.60. The summed E-state index contributed by atoms with van der Waals surface area (Å²) in [6.45, 7) is 0. The van der Waals surface area contributed by atoms with Crippen LogP contribution < -0.4 is 5.32 Å². The molecule has 2 heterocycles. The summed E-state index contributed by atoms with van der Waals surface area (Å²) < 4.78 is 1.66. The molecule has 0 aliphatic heterocycles. The minimum absolute atomic E-state index is 0.154. The van der Waals surface area contributed by atoms with Crippen molar-refractivity contribution in [2.45, 2.75) is 0 Å². The number of halogens is 1. The van der Waals surface area contributed by atoms with Gasteiger partial charge in [-0.05, 0) is 35.9 Å². The van der Waals surface area contributed by atoms with Crippen molar-refractivity contribution < 1.29 is 9.59 Å². The smallest absolute Gasteiger partial charge is 0.251 e. The standard InChI is InChI=1S/C18H14ClN3O2/c1-20-18(24)13-8-5-12(6-9-13)7-10-14(23)16-17(19)21-15-4-2-3-11-22(15)16/h2-11H,1H3,(H,20,24). The number of benzene rings is 1. The van der Waals surface area contributed by atoms with Gasteiger partial charge in [-0.3, -0.25) is 14.0 Å². The van der Waals surface area contributed by atoms with Crippen molar-refractivity contribution in [3.8, 4) is 0 Å². The number of rotatable bonds is 4. The number of carbonyl (C=O) groups excluding carboxylic acids is 2. The van der Waals surface area contributed by atoms with Crippen molar-refractivity contribution >= 4 is 35.0 Å². The van der Waals surface area contributed by atoms with Gasteiger partial charge < -0.3 is 5.32 Å². The molecule has 0 unspecified atom stereocenters. The Morgan fingerprint density at radius 2 is 1.92 bits per heavy atom. The minimum Gasteiger partial charge on any atom is -0.355 e. The van der Waals surface area contributed by atoms with Gasteiger partial charge in [0.1, 0.15) is 11.3 Å². The number of fused-ring (bicyclic) bond motifs is 1. The third-order valence-corrected chi connectivity index (χ3v) is 3.81. The molecule has 0 saturated carbocycles. The van der Waals surface area contributed by atoms with Crippen molar-refractivity contribution in [3.63, 3.8) is 0 Å². The fourth-order valence-electron chi connectivity index (χ4n) is 2.33. The molecule has 3 rings (SSSR count). The normalized spacial score (nSPS) is 11.1. The Labute approximate surface area is 143 Å². The molecule has 24 heavy (non-hydrogen) atoms. The molecule has 1 N–H and O–H groups in total. The maximum absolute atomic E-state index is 12.4. The molecule has 2 aromatic heterocycles. The lowest BCUT2D eigenvalue weighted by Crippen LogP contribution is -2.17. The Hall–Kier alpha value is -2.92. The van der Waals surface area contributed by atoms with E-state index in [1.165, 1.54) is 6.08 Å². The summed E-state index contributed by atoms with van der Waals surface area (Å²) in [6, 6.07) is 12.4. The second-order valence-electron chi connectivity index (χ2n) is 5.08. The van der Waals surface area contributed by atoms with Gasteiger partial charge in [0, 0.05) is 18.8 Å². The lowest BCUT2D eigenvalue weighted by Gasteiger charge is -2.00. The maximum Gasteiger partial charge on any atom is 0.251 e. The number of hydrogen-bond acceptors (Lipinski definition) is 3. The zero-order valence-electron chi connectivity index (χ0n) is 12.9. The number of nitrogens with zero attached hydrogens (tertiary/aromatic N) is 2. The number of carbonyl (C=O) groups is 2. The predicted molar refractivity (Wildman–Crippen MR) is 93.4 cm³/mol. The Morgan fingerprint density at radius 1 is 1.17 bits per heavy atom. The van der Waals surface area contributed by atoms with Crippen LogP contribution in [-0.4, -0.2) is 28.1 Å². The fraction of sp³-hybridized carbons (Fsp3) is 0.0556. The molecule has 3 aromatic rings. The van der Waals surface area contributed by atoms with Crippen LogP contribution in [0.3, 0.4) is 0 Å². The number of ketones is 1. The minimum atomic E-state index is -0.242. The average Bonchev–Trinajstić information content (AvgIpc) is 2.95. The van der Waals surface area contributed by atoms with E-state index in [1.807, 2.05) is 12.1 Å². The van der Waals surface area contributed by atoms with Gasteiger partial charge in [0.25, 0.3) is 5.91 Å². The summed E-state index contributed by atoms with van der Waals surface area (Å²) in [6.07, 6.45) is 4.86. The van der Waals surface area contributed by atoms with Gasteiger partial charge >= 0.3 is 0 Å². The third kappa shape index (κ3) is 3.07. The Bertz CT molecular complexity index is 943. The van der Waals surface area contributed by atoms with Crippen LogP contribution in [0.4, 0.5) is 0 Å². The number of aromatic nitrogens is 2. The first-order chi connectivity index (χ1) is 11.6. The molecule has 6 heteroatoms. The Kier molecular flexibility index (Phi) is 4.44. The van der Waals surface area contributed by atoms with Crippen LogP contribution in [0.25, 0.3) is 11.7 Å². The highest BCUT2D eigenvalue weighted by Gasteiger charge is 2.15. The van der Waals surface area contributed by atoms with Crippen LogP contribution in [-0.2, 0) is 0 Å². The van der Waals surface area contributed by atoms with Gasteiger partial charge in [-0.25, -0.2) is 4.98 Å². The van der Waals surface area contributed by atoms with Crippen LogP contribution in [0, 0.1) is 0 Å². The molecule has 0 radical (unpaired) electrons. The molecule has 5 nitrogen and oxygen atoms in total. The summed E-state index contributed by atoms with van der Waals surface area (Å²) in [7, 11) is 1.58. The number of amides is 1. The zero-order chi connectivity index (χ0) is 17.1. The largest absolute Gasteiger partial charge is 0.355 e. The average molecular weight is 340 g/mol. The number of pyridine rings is 1. The maximum atomic E-state index is 12.4. The van der Waals surface area contributed by atoms with E-state index < -0.39 is 0 Å². The topological polar surface area (TPSA) is 63.5 Å². The molecule has 0 bridgehead atoms. The summed E-state index contributed by atoms with van der Waals surface area (Å²) in [5.74, 6) is -0.395. The van der Waals surface area contributed by atoms with Crippen LogP contribution in [0.5, 0.6) is 0 Å². The summed E-state index contributed by atoms with van der Waals surface area (Å²) in [4.78, 5) is 28.1. The number of hydrogen-bond donors (Lipinski definition) is 1. The molecule has 0 fully saturated rings. The van der Waals surface area contributed by atoms with Gasteiger partial charge in [-0.1, -0.05) is 35.9 Å². The molecule has 120 valence electrons. The highest BCUT2D eigenvalue weighted by atomic mass is 35.5.